The Hall–Kier alpha value is -2.66. The second-order valence-electron chi connectivity index (χ2n) is 5.39. The number of carbonyl (C=O) groups excluding carboxylic acids is 1. The summed E-state index contributed by atoms with van der Waals surface area (Å²) in [6.45, 7) is 1.13. The Balaban J connectivity index is 1.68. The zero-order valence-corrected chi connectivity index (χ0v) is 14.1. The van der Waals surface area contributed by atoms with Gasteiger partial charge in [0.05, 0.1) is 17.2 Å². The molecule has 3 rings (SSSR count). The highest BCUT2D eigenvalue weighted by Gasteiger charge is 2.15. The van der Waals surface area contributed by atoms with Crippen molar-refractivity contribution < 1.29 is 4.79 Å². The molecule has 0 saturated heterocycles. The monoisotopic (exact) mass is 337 g/mol. The van der Waals surface area contributed by atoms with Gasteiger partial charge in [0.15, 0.2) is 0 Å². The molecule has 0 saturated carbocycles. The highest BCUT2D eigenvalue weighted by Crippen LogP contribution is 2.16. The molecule has 0 atom stereocenters. The van der Waals surface area contributed by atoms with Crippen LogP contribution in [0.15, 0.2) is 72.2 Å². The summed E-state index contributed by atoms with van der Waals surface area (Å²) in [6.07, 6.45) is 2.56. The molecule has 1 aromatic carbocycles. The molecule has 0 spiro atoms. The summed E-state index contributed by atoms with van der Waals surface area (Å²) in [5.74, 6) is 0. The van der Waals surface area contributed by atoms with Crippen molar-refractivity contribution in [1.82, 2.24) is 9.88 Å². The lowest BCUT2D eigenvalue weighted by Gasteiger charge is -2.22. The first kappa shape index (κ1) is 16.2. The minimum Gasteiger partial charge on any atom is -0.318 e. The van der Waals surface area contributed by atoms with Crippen molar-refractivity contribution >= 4 is 22.4 Å². The number of aromatic nitrogens is 1. The van der Waals surface area contributed by atoms with E-state index < -0.39 is 0 Å². The van der Waals surface area contributed by atoms with E-state index in [-0.39, 0.29) is 6.03 Å². The molecule has 24 heavy (non-hydrogen) atoms. The summed E-state index contributed by atoms with van der Waals surface area (Å²) in [7, 11) is 0. The summed E-state index contributed by atoms with van der Waals surface area (Å²) in [4.78, 5) is 18.8. The molecular weight excluding hydrogens is 318 g/mol. The van der Waals surface area contributed by atoms with E-state index in [1.54, 1.807) is 11.1 Å². The van der Waals surface area contributed by atoms with Gasteiger partial charge in [0.2, 0.25) is 0 Å². The molecule has 4 nitrogen and oxygen atoms in total. The molecule has 1 N–H and O–H groups in total. The van der Waals surface area contributed by atoms with E-state index >= 15 is 0 Å². The molecule has 0 radical (unpaired) electrons. The van der Waals surface area contributed by atoms with Crippen molar-refractivity contribution in [2.75, 3.05) is 11.9 Å². The topological polar surface area (TPSA) is 45.2 Å². The smallest absolute Gasteiger partial charge is 0.318 e. The first-order valence-electron chi connectivity index (χ1n) is 7.84. The van der Waals surface area contributed by atoms with E-state index in [1.165, 1.54) is 16.9 Å². The summed E-state index contributed by atoms with van der Waals surface area (Å²) >= 11 is 1.52. The molecule has 0 aliphatic rings. The SMILES string of the molecule is O=C(Nc1cccs1)N(CCc1ccccc1)Cc1ccccn1. The summed E-state index contributed by atoms with van der Waals surface area (Å²) in [5, 5.41) is 5.76. The van der Waals surface area contributed by atoms with E-state index in [9.17, 15) is 4.79 Å². The zero-order chi connectivity index (χ0) is 16.6. The third-order valence-corrected chi connectivity index (χ3v) is 4.42. The van der Waals surface area contributed by atoms with Crippen molar-refractivity contribution in [3.8, 4) is 0 Å². The van der Waals surface area contributed by atoms with Gasteiger partial charge >= 0.3 is 6.03 Å². The summed E-state index contributed by atoms with van der Waals surface area (Å²) in [5.41, 5.74) is 2.10. The van der Waals surface area contributed by atoms with E-state index in [0.717, 1.165) is 17.1 Å². The Morgan fingerprint density at radius 2 is 1.88 bits per heavy atom. The van der Waals surface area contributed by atoms with Gasteiger partial charge in [-0.05, 0) is 41.6 Å². The molecule has 2 aromatic heterocycles. The fraction of sp³-hybridized carbons (Fsp3) is 0.158. The second kappa shape index (κ2) is 8.26. The number of hydrogen-bond acceptors (Lipinski definition) is 3. The van der Waals surface area contributed by atoms with Crippen LogP contribution < -0.4 is 5.32 Å². The van der Waals surface area contributed by atoms with Crippen LogP contribution in [-0.4, -0.2) is 22.5 Å². The number of benzene rings is 1. The van der Waals surface area contributed by atoms with Gasteiger partial charge in [-0.1, -0.05) is 36.4 Å². The predicted octanol–water partition coefficient (Wildman–Crippen LogP) is 4.42. The number of pyridine rings is 1. The van der Waals surface area contributed by atoms with E-state index in [0.29, 0.717) is 13.1 Å². The van der Waals surface area contributed by atoms with Crippen LogP contribution in [0.25, 0.3) is 0 Å². The minimum absolute atomic E-state index is 0.0981. The lowest BCUT2D eigenvalue weighted by molar-refractivity contribution is 0.209. The Kier molecular flexibility index (Phi) is 5.58. The van der Waals surface area contributed by atoms with Gasteiger partial charge in [0, 0.05) is 12.7 Å². The number of amides is 2. The number of hydrogen-bond donors (Lipinski definition) is 1. The van der Waals surface area contributed by atoms with Gasteiger partial charge in [-0.2, -0.15) is 0 Å². The lowest BCUT2D eigenvalue weighted by Crippen LogP contribution is -2.36. The van der Waals surface area contributed by atoms with Crippen molar-refractivity contribution in [2.45, 2.75) is 13.0 Å². The molecule has 0 aliphatic heterocycles. The van der Waals surface area contributed by atoms with Crippen LogP contribution in [0, 0.1) is 0 Å². The van der Waals surface area contributed by atoms with Crippen LogP contribution in [0.1, 0.15) is 11.3 Å². The average molecular weight is 337 g/mol. The minimum atomic E-state index is -0.0981. The molecule has 122 valence electrons. The number of carbonyl (C=O) groups is 1. The maximum absolute atomic E-state index is 12.6. The number of nitrogens with zero attached hydrogens (tertiary/aromatic N) is 2. The first-order valence-corrected chi connectivity index (χ1v) is 8.72. The van der Waals surface area contributed by atoms with Gasteiger partial charge < -0.3 is 4.90 Å². The summed E-state index contributed by atoms with van der Waals surface area (Å²) < 4.78 is 0. The predicted molar refractivity (Wildman–Crippen MR) is 98.1 cm³/mol. The fourth-order valence-electron chi connectivity index (χ4n) is 2.38. The highest BCUT2D eigenvalue weighted by molar-refractivity contribution is 7.14. The Morgan fingerprint density at radius 1 is 1.04 bits per heavy atom. The Labute approximate surface area is 145 Å². The molecule has 5 heteroatoms. The first-order chi connectivity index (χ1) is 11.8. The van der Waals surface area contributed by atoms with E-state index in [4.69, 9.17) is 0 Å². The molecule has 2 heterocycles. The highest BCUT2D eigenvalue weighted by atomic mass is 32.1. The third kappa shape index (κ3) is 4.67. The molecule has 0 aliphatic carbocycles. The van der Waals surface area contributed by atoms with Crippen molar-refractivity contribution in [2.24, 2.45) is 0 Å². The van der Waals surface area contributed by atoms with Gasteiger partial charge in [0.25, 0.3) is 0 Å². The lowest BCUT2D eigenvalue weighted by atomic mass is 10.1. The van der Waals surface area contributed by atoms with Crippen molar-refractivity contribution in [3.63, 3.8) is 0 Å². The molecule has 3 aromatic rings. The zero-order valence-electron chi connectivity index (χ0n) is 13.3. The quantitative estimate of drug-likeness (QED) is 0.724. The van der Waals surface area contributed by atoms with Crippen LogP contribution in [0.2, 0.25) is 0 Å². The molecule has 0 unspecified atom stereocenters. The van der Waals surface area contributed by atoms with Crippen LogP contribution >= 0.6 is 11.3 Å². The van der Waals surface area contributed by atoms with Crippen molar-refractivity contribution in [1.29, 1.82) is 0 Å². The van der Waals surface area contributed by atoms with Gasteiger partial charge in [0.1, 0.15) is 0 Å². The van der Waals surface area contributed by atoms with Crippen LogP contribution in [0.4, 0.5) is 9.80 Å². The van der Waals surface area contributed by atoms with Gasteiger partial charge in [-0.15, -0.1) is 11.3 Å². The maximum atomic E-state index is 12.6. The normalized spacial score (nSPS) is 10.3. The number of urea groups is 1. The third-order valence-electron chi connectivity index (χ3n) is 3.63. The maximum Gasteiger partial charge on any atom is 0.322 e. The van der Waals surface area contributed by atoms with Crippen LogP contribution in [0.5, 0.6) is 0 Å². The average Bonchev–Trinajstić information content (AvgIpc) is 3.13. The number of nitrogens with one attached hydrogen (secondary N) is 1. The standard InChI is InChI=1S/C19H19N3OS/c23-19(21-18-10-6-14-24-18)22(15-17-9-4-5-12-20-17)13-11-16-7-2-1-3-8-16/h1-10,12,14H,11,13,15H2,(H,21,23). The van der Waals surface area contributed by atoms with Crippen LogP contribution in [-0.2, 0) is 13.0 Å². The Morgan fingerprint density at radius 3 is 2.58 bits per heavy atom. The fourth-order valence-corrected chi connectivity index (χ4v) is 2.99. The Bertz CT molecular complexity index is 745. The van der Waals surface area contributed by atoms with E-state index in [1.807, 2.05) is 53.9 Å². The molecule has 0 bridgehead atoms. The molecular formula is C19H19N3OS. The number of anilines is 1. The van der Waals surface area contributed by atoms with Gasteiger partial charge in [-0.25, -0.2) is 4.79 Å². The van der Waals surface area contributed by atoms with Gasteiger partial charge in [-0.3, -0.25) is 10.3 Å². The van der Waals surface area contributed by atoms with Crippen LogP contribution in [0.3, 0.4) is 0 Å². The number of thiophene rings is 1. The second-order valence-corrected chi connectivity index (χ2v) is 6.33. The van der Waals surface area contributed by atoms with Crippen molar-refractivity contribution in [3.05, 3.63) is 83.5 Å². The molecule has 0 fully saturated rings. The largest absolute Gasteiger partial charge is 0.322 e. The van der Waals surface area contributed by atoms with E-state index in [2.05, 4.69) is 22.4 Å². The number of rotatable bonds is 6. The molecule has 2 amide bonds. The summed E-state index contributed by atoms with van der Waals surface area (Å²) in [6, 6.07) is 19.7.